The lowest BCUT2D eigenvalue weighted by atomic mass is 10.1. The number of nitro groups is 1. The molecule has 0 aromatic heterocycles. The third-order valence-corrected chi connectivity index (χ3v) is 5.22. The van der Waals surface area contributed by atoms with Crippen molar-refractivity contribution in [2.75, 3.05) is 24.6 Å². The number of hydrogen-bond acceptors (Lipinski definition) is 6. The number of halogens is 2. The summed E-state index contributed by atoms with van der Waals surface area (Å²) in [5.74, 6) is -1.32. The largest absolute Gasteiger partial charge is 0.454 e. The minimum atomic E-state index is -0.822. The van der Waals surface area contributed by atoms with Crippen LogP contribution < -0.4 is 4.90 Å². The normalized spacial score (nSPS) is 13.8. The van der Waals surface area contributed by atoms with Gasteiger partial charge in [-0.15, -0.1) is 0 Å². The molecule has 0 amide bonds. The van der Waals surface area contributed by atoms with Crippen LogP contribution in [-0.4, -0.2) is 36.4 Å². The maximum Gasteiger partial charge on any atom is 0.338 e. The highest BCUT2D eigenvalue weighted by atomic mass is 35.5. The maximum absolute atomic E-state index is 12.3. The van der Waals surface area contributed by atoms with Crippen LogP contribution in [0.2, 0.25) is 10.0 Å². The molecule has 0 saturated carbocycles. The van der Waals surface area contributed by atoms with Crippen molar-refractivity contribution in [2.24, 2.45) is 0 Å². The number of ether oxygens (including phenoxy) is 1. The summed E-state index contributed by atoms with van der Waals surface area (Å²) in [7, 11) is 0. The number of carbonyl (C=O) groups excluding carboxylic acids is 2. The first kappa shape index (κ1) is 21.1. The molecule has 0 N–H and O–H groups in total. The van der Waals surface area contributed by atoms with Crippen LogP contribution in [0.1, 0.15) is 40.0 Å². The molecule has 1 saturated heterocycles. The number of anilines is 1. The van der Waals surface area contributed by atoms with Crippen molar-refractivity contribution in [1.29, 1.82) is 0 Å². The number of Topliss-reactive ketones (excluding diaryl/α,β-unsaturated/α-hetero) is 1. The lowest BCUT2D eigenvalue weighted by Gasteiger charge is -2.28. The highest BCUT2D eigenvalue weighted by molar-refractivity contribution is 6.36. The second-order valence-electron chi connectivity index (χ2n) is 6.63. The molecule has 0 radical (unpaired) electrons. The zero-order valence-corrected chi connectivity index (χ0v) is 16.9. The summed E-state index contributed by atoms with van der Waals surface area (Å²) >= 11 is 11.8. The van der Waals surface area contributed by atoms with E-state index in [2.05, 4.69) is 0 Å². The van der Waals surface area contributed by atoms with E-state index in [1.807, 2.05) is 4.90 Å². The molecule has 0 aliphatic carbocycles. The van der Waals surface area contributed by atoms with Gasteiger partial charge in [0.25, 0.3) is 5.69 Å². The number of piperidine rings is 1. The Hall–Kier alpha value is -2.64. The smallest absolute Gasteiger partial charge is 0.338 e. The molecule has 2 aromatic rings. The number of benzene rings is 2. The Labute approximate surface area is 177 Å². The van der Waals surface area contributed by atoms with Crippen molar-refractivity contribution in [3.63, 3.8) is 0 Å². The molecular weight excluding hydrogens is 419 g/mol. The molecular formula is C20H18Cl2N2O5. The summed E-state index contributed by atoms with van der Waals surface area (Å²) in [6.45, 7) is 0.934. The lowest BCUT2D eigenvalue weighted by molar-refractivity contribution is -0.384. The number of nitrogens with zero attached hydrogens (tertiary/aromatic N) is 2. The van der Waals surface area contributed by atoms with Crippen molar-refractivity contribution < 1.29 is 19.2 Å². The monoisotopic (exact) mass is 436 g/mol. The topological polar surface area (TPSA) is 89.8 Å². The first-order valence-corrected chi connectivity index (χ1v) is 9.81. The second kappa shape index (κ2) is 9.24. The average Bonchev–Trinajstić information content (AvgIpc) is 2.72. The summed E-state index contributed by atoms with van der Waals surface area (Å²) in [5.41, 5.74) is 0.506. The predicted molar refractivity (Wildman–Crippen MR) is 110 cm³/mol. The highest BCUT2D eigenvalue weighted by Gasteiger charge is 2.24. The average molecular weight is 437 g/mol. The standard InChI is InChI=1S/C20H18Cl2N2O5/c21-14-5-6-15(16(22)11-14)19(25)12-29-20(26)13-4-7-17(18(10-13)24(27)28)23-8-2-1-3-9-23/h4-7,10-11H,1-3,8-9,12H2. The van der Waals surface area contributed by atoms with Gasteiger partial charge in [0.2, 0.25) is 5.78 Å². The quantitative estimate of drug-likeness (QED) is 0.276. The Morgan fingerprint density at radius 3 is 2.45 bits per heavy atom. The van der Waals surface area contributed by atoms with Crippen molar-refractivity contribution in [1.82, 2.24) is 0 Å². The molecule has 1 heterocycles. The van der Waals surface area contributed by atoms with Crippen LogP contribution in [0.4, 0.5) is 11.4 Å². The second-order valence-corrected chi connectivity index (χ2v) is 7.48. The van der Waals surface area contributed by atoms with Crippen LogP contribution in [0.15, 0.2) is 36.4 Å². The van der Waals surface area contributed by atoms with Gasteiger partial charge in [0.1, 0.15) is 5.69 Å². The van der Waals surface area contributed by atoms with E-state index in [1.165, 1.54) is 30.3 Å². The fourth-order valence-corrected chi connectivity index (χ4v) is 3.72. The molecule has 1 fully saturated rings. The maximum atomic E-state index is 12.3. The van der Waals surface area contributed by atoms with Gasteiger partial charge >= 0.3 is 5.97 Å². The minimum absolute atomic E-state index is 0.00691. The lowest BCUT2D eigenvalue weighted by Crippen LogP contribution is -2.30. The van der Waals surface area contributed by atoms with Gasteiger partial charge in [-0.2, -0.15) is 0 Å². The van der Waals surface area contributed by atoms with Gasteiger partial charge in [-0.25, -0.2) is 4.79 Å². The molecule has 0 atom stereocenters. The van der Waals surface area contributed by atoms with Gasteiger partial charge < -0.3 is 9.64 Å². The van der Waals surface area contributed by atoms with E-state index in [4.69, 9.17) is 27.9 Å². The molecule has 0 spiro atoms. The SMILES string of the molecule is O=C(OCC(=O)c1ccc(Cl)cc1Cl)c1ccc(N2CCCCC2)c([N+](=O)[O-])c1. The van der Waals surface area contributed by atoms with Gasteiger partial charge in [0, 0.05) is 29.7 Å². The van der Waals surface area contributed by atoms with E-state index in [0.717, 1.165) is 32.4 Å². The van der Waals surface area contributed by atoms with Gasteiger partial charge in [0.05, 0.1) is 15.5 Å². The van der Waals surface area contributed by atoms with Gasteiger partial charge in [-0.1, -0.05) is 23.2 Å². The van der Waals surface area contributed by atoms with Crippen LogP contribution in [0, 0.1) is 10.1 Å². The number of hydrogen-bond donors (Lipinski definition) is 0. The molecule has 0 unspecified atom stereocenters. The number of rotatable bonds is 6. The summed E-state index contributed by atoms with van der Waals surface area (Å²) in [6.07, 6.45) is 3.03. The van der Waals surface area contributed by atoms with E-state index in [0.29, 0.717) is 10.7 Å². The van der Waals surface area contributed by atoms with Crippen LogP contribution in [0.3, 0.4) is 0 Å². The number of carbonyl (C=O) groups is 2. The third kappa shape index (κ3) is 5.05. The van der Waals surface area contributed by atoms with Gasteiger partial charge in [-0.3, -0.25) is 14.9 Å². The first-order valence-electron chi connectivity index (χ1n) is 9.05. The Bertz CT molecular complexity index is 958. The Morgan fingerprint density at radius 2 is 1.79 bits per heavy atom. The minimum Gasteiger partial charge on any atom is -0.454 e. The van der Waals surface area contributed by atoms with E-state index >= 15 is 0 Å². The summed E-state index contributed by atoms with van der Waals surface area (Å²) in [6, 6.07) is 8.58. The van der Waals surface area contributed by atoms with E-state index < -0.39 is 23.3 Å². The summed E-state index contributed by atoms with van der Waals surface area (Å²) in [4.78, 5) is 37.5. The Kier molecular flexibility index (Phi) is 6.71. The highest BCUT2D eigenvalue weighted by Crippen LogP contribution is 2.31. The molecule has 152 valence electrons. The zero-order valence-electron chi connectivity index (χ0n) is 15.4. The first-order chi connectivity index (χ1) is 13.9. The van der Waals surface area contributed by atoms with Crippen LogP contribution >= 0.6 is 23.2 Å². The number of nitro benzene ring substituents is 1. The van der Waals surface area contributed by atoms with Crippen LogP contribution in [0.25, 0.3) is 0 Å². The van der Waals surface area contributed by atoms with Gasteiger partial charge in [0.15, 0.2) is 6.61 Å². The molecule has 9 heteroatoms. The zero-order chi connectivity index (χ0) is 21.0. The Morgan fingerprint density at radius 1 is 1.07 bits per heavy atom. The molecule has 0 bridgehead atoms. The molecule has 29 heavy (non-hydrogen) atoms. The fraction of sp³-hybridized carbons (Fsp3) is 0.300. The fourth-order valence-electron chi connectivity index (χ4n) is 3.21. The van der Waals surface area contributed by atoms with E-state index in [9.17, 15) is 19.7 Å². The number of ketones is 1. The van der Waals surface area contributed by atoms with Crippen molar-refractivity contribution in [3.05, 3.63) is 67.7 Å². The third-order valence-electron chi connectivity index (χ3n) is 4.67. The van der Waals surface area contributed by atoms with Crippen LogP contribution in [-0.2, 0) is 4.74 Å². The van der Waals surface area contributed by atoms with E-state index in [-0.39, 0.29) is 21.8 Å². The molecule has 1 aliphatic rings. The van der Waals surface area contributed by atoms with Gasteiger partial charge in [-0.05, 0) is 49.6 Å². The molecule has 1 aliphatic heterocycles. The van der Waals surface area contributed by atoms with Crippen LogP contribution in [0.5, 0.6) is 0 Å². The van der Waals surface area contributed by atoms with Crippen molar-refractivity contribution in [2.45, 2.75) is 19.3 Å². The molecule has 2 aromatic carbocycles. The van der Waals surface area contributed by atoms with E-state index in [1.54, 1.807) is 6.07 Å². The van der Waals surface area contributed by atoms with Crippen molar-refractivity contribution in [3.8, 4) is 0 Å². The summed E-state index contributed by atoms with van der Waals surface area (Å²) < 4.78 is 5.03. The molecule has 3 rings (SSSR count). The number of esters is 1. The Balaban J connectivity index is 1.72. The van der Waals surface area contributed by atoms with Crippen molar-refractivity contribution >= 4 is 46.3 Å². The summed E-state index contributed by atoms with van der Waals surface area (Å²) in [5, 5.41) is 12.0. The predicted octanol–water partition coefficient (Wildman–Crippen LogP) is 4.93. The molecule has 7 nitrogen and oxygen atoms in total.